The average molecular weight is 316 g/mol. The van der Waals surface area contributed by atoms with Crippen LogP contribution in [-0.2, 0) is 14.3 Å². The van der Waals surface area contributed by atoms with E-state index >= 15 is 0 Å². The third-order valence-electron chi connectivity index (χ3n) is 3.24. The molecule has 6 nitrogen and oxygen atoms in total. The lowest BCUT2D eigenvalue weighted by molar-refractivity contribution is -0.133. The third-order valence-corrected chi connectivity index (χ3v) is 3.24. The van der Waals surface area contributed by atoms with Crippen molar-refractivity contribution in [1.29, 1.82) is 0 Å². The second-order valence-electron chi connectivity index (χ2n) is 4.88. The van der Waals surface area contributed by atoms with E-state index in [0.29, 0.717) is 16.3 Å². The summed E-state index contributed by atoms with van der Waals surface area (Å²) >= 11 is 0. The number of esters is 3. The second kappa shape index (κ2) is 6.48. The Morgan fingerprint density at radius 2 is 1.35 bits per heavy atom. The minimum Gasteiger partial charge on any atom is -0.465 e. The Kier molecular flexibility index (Phi) is 4.64. The number of ether oxygens (including phenoxy) is 3. The van der Waals surface area contributed by atoms with Crippen molar-refractivity contribution in [3.8, 4) is 11.5 Å². The predicted octanol–water partition coefficient (Wildman–Crippen LogP) is 2.79. The maximum absolute atomic E-state index is 12.2. The van der Waals surface area contributed by atoms with Crippen LogP contribution in [0.25, 0.3) is 10.8 Å². The Morgan fingerprint density at radius 3 is 1.83 bits per heavy atom. The van der Waals surface area contributed by atoms with E-state index in [4.69, 9.17) is 14.2 Å². The molecule has 0 saturated heterocycles. The highest BCUT2D eigenvalue weighted by Crippen LogP contribution is 2.41. The van der Waals surface area contributed by atoms with Gasteiger partial charge in [-0.2, -0.15) is 0 Å². The van der Waals surface area contributed by atoms with Crippen LogP contribution in [0.15, 0.2) is 24.3 Å². The summed E-state index contributed by atoms with van der Waals surface area (Å²) in [6, 6.07) is 6.87. The molecule has 0 saturated carbocycles. The van der Waals surface area contributed by atoms with E-state index in [0.717, 1.165) is 0 Å². The Hall–Kier alpha value is -2.89. The lowest BCUT2D eigenvalue weighted by Crippen LogP contribution is -2.13. The summed E-state index contributed by atoms with van der Waals surface area (Å²) in [6.45, 7) is 4.11. The zero-order valence-electron chi connectivity index (χ0n) is 13.3. The number of carbonyl (C=O) groups is 3. The van der Waals surface area contributed by atoms with E-state index in [1.165, 1.54) is 21.0 Å². The van der Waals surface area contributed by atoms with Crippen molar-refractivity contribution in [2.75, 3.05) is 7.11 Å². The zero-order valence-corrected chi connectivity index (χ0v) is 13.3. The number of hydrogen-bond donors (Lipinski definition) is 0. The molecule has 2 aromatic rings. The summed E-state index contributed by atoms with van der Waals surface area (Å²) in [6.07, 6.45) is 0. The molecule has 0 radical (unpaired) electrons. The summed E-state index contributed by atoms with van der Waals surface area (Å²) in [7, 11) is 1.22. The highest BCUT2D eigenvalue weighted by Gasteiger charge is 2.26. The molecule has 0 bridgehead atoms. The smallest absolute Gasteiger partial charge is 0.342 e. The van der Waals surface area contributed by atoms with Gasteiger partial charge in [-0.05, 0) is 6.92 Å². The zero-order chi connectivity index (χ0) is 17.1. The Balaban J connectivity index is 2.92. The van der Waals surface area contributed by atoms with Gasteiger partial charge >= 0.3 is 17.9 Å². The Labute approximate surface area is 132 Å². The Bertz CT molecular complexity index is 806. The van der Waals surface area contributed by atoms with Crippen LogP contribution < -0.4 is 9.47 Å². The monoisotopic (exact) mass is 316 g/mol. The van der Waals surface area contributed by atoms with Crippen molar-refractivity contribution in [3.63, 3.8) is 0 Å². The molecule has 0 aliphatic carbocycles. The number of benzene rings is 2. The number of hydrogen-bond acceptors (Lipinski definition) is 6. The molecule has 0 spiro atoms. The predicted molar refractivity (Wildman–Crippen MR) is 82.6 cm³/mol. The molecule has 0 aliphatic rings. The first-order valence-electron chi connectivity index (χ1n) is 6.87. The van der Waals surface area contributed by atoms with Gasteiger partial charge in [-0.1, -0.05) is 24.3 Å². The normalized spacial score (nSPS) is 10.3. The highest BCUT2D eigenvalue weighted by atomic mass is 16.5. The van der Waals surface area contributed by atoms with E-state index in [2.05, 4.69) is 0 Å². The summed E-state index contributed by atoms with van der Waals surface area (Å²) in [5.41, 5.74) is 0.416. The van der Waals surface area contributed by atoms with Gasteiger partial charge in [0, 0.05) is 30.2 Å². The molecule has 6 heteroatoms. The molecule has 0 aromatic heterocycles. The minimum absolute atomic E-state index is 0.0534. The number of methoxy groups -OCH3 is 1. The van der Waals surface area contributed by atoms with Gasteiger partial charge in [0.1, 0.15) is 11.3 Å². The summed E-state index contributed by atoms with van der Waals surface area (Å²) in [5, 5.41) is 1.04. The van der Waals surface area contributed by atoms with E-state index < -0.39 is 17.9 Å². The van der Waals surface area contributed by atoms with Crippen molar-refractivity contribution >= 4 is 28.7 Å². The topological polar surface area (TPSA) is 78.9 Å². The van der Waals surface area contributed by atoms with Crippen molar-refractivity contribution in [2.24, 2.45) is 0 Å². The SMILES string of the molecule is COC(=O)c1c(C)c(OC(C)=O)c2ccccc2c1OC(C)=O. The van der Waals surface area contributed by atoms with Gasteiger partial charge in [-0.25, -0.2) is 4.79 Å². The highest BCUT2D eigenvalue weighted by molar-refractivity contribution is 6.07. The first kappa shape index (κ1) is 16.5. The van der Waals surface area contributed by atoms with Gasteiger partial charge in [-0.15, -0.1) is 0 Å². The average Bonchev–Trinajstić information content (AvgIpc) is 2.50. The first-order chi connectivity index (χ1) is 10.9. The van der Waals surface area contributed by atoms with Crippen molar-refractivity contribution in [2.45, 2.75) is 20.8 Å². The standard InChI is InChI=1S/C17H16O6/c1-9-14(17(20)21-4)16(23-11(3)19)13-8-6-5-7-12(13)15(9)22-10(2)18/h5-8H,1-4H3. The van der Waals surface area contributed by atoms with Crippen LogP contribution in [0, 0.1) is 6.92 Å². The van der Waals surface area contributed by atoms with Crippen LogP contribution in [-0.4, -0.2) is 25.0 Å². The quantitative estimate of drug-likeness (QED) is 0.640. The van der Waals surface area contributed by atoms with Crippen LogP contribution in [0.3, 0.4) is 0 Å². The fourth-order valence-corrected chi connectivity index (χ4v) is 2.37. The molecule has 0 amide bonds. The molecule has 0 aliphatic heterocycles. The maximum Gasteiger partial charge on any atom is 0.342 e. The lowest BCUT2D eigenvalue weighted by Gasteiger charge is -2.17. The van der Waals surface area contributed by atoms with Crippen LogP contribution in [0.1, 0.15) is 29.8 Å². The van der Waals surface area contributed by atoms with E-state index in [1.807, 2.05) is 0 Å². The number of rotatable bonds is 3. The molecule has 2 aromatic carbocycles. The van der Waals surface area contributed by atoms with Crippen LogP contribution in [0.5, 0.6) is 11.5 Å². The van der Waals surface area contributed by atoms with E-state index in [-0.39, 0.29) is 17.1 Å². The fraction of sp³-hybridized carbons (Fsp3) is 0.235. The molecule has 0 fully saturated rings. The van der Waals surface area contributed by atoms with Crippen molar-refractivity contribution < 1.29 is 28.6 Å². The van der Waals surface area contributed by atoms with Crippen LogP contribution in [0.2, 0.25) is 0 Å². The molecule has 120 valence electrons. The van der Waals surface area contributed by atoms with Crippen molar-refractivity contribution in [1.82, 2.24) is 0 Å². The minimum atomic E-state index is -0.682. The summed E-state index contributed by atoms with van der Waals surface area (Å²) < 4.78 is 15.3. The second-order valence-corrected chi connectivity index (χ2v) is 4.88. The molecular formula is C17H16O6. The Morgan fingerprint density at radius 1 is 0.870 bits per heavy atom. The molecule has 2 rings (SSSR count). The van der Waals surface area contributed by atoms with Gasteiger partial charge < -0.3 is 14.2 Å². The van der Waals surface area contributed by atoms with Gasteiger partial charge in [-0.3, -0.25) is 9.59 Å². The maximum atomic E-state index is 12.2. The van der Waals surface area contributed by atoms with E-state index in [1.54, 1.807) is 31.2 Å². The molecule has 23 heavy (non-hydrogen) atoms. The summed E-state index contributed by atoms with van der Waals surface area (Å²) in [5.74, 6) is -1.44. The van der Waals surface area contributed by atoms with Gasteiger partial charge in [0.25, 0.3) is 0 Å². The summed E-state index contributed by atoms with van der Waals surface area (Å²) in [4.78, 5) is 35.0. The van der Waals surface area contributed by atoms with Crippen molar-refractivity contribution in [3.05, 3.63) is 35.4 Å². The number of fused-ring (bicyclic) bond motifs is 1. The third kappa shape index (κ3) is 3.15. The largest absolute Gasteiger partial charge is 0.465 e. The van der Waals surface area contributed by atoms with E-state index in [9.17, 15) is 14.4 Å². The van der Waals surface area contributed by atoms with Crippen LogP contribution in [0.4, 0.5) is 0 Å². The fourth-order valence-electron chi connectivity index (χ4n) is 2.37. The van der Waals surface area contributed by atoms with Gasteiger partial charge in [0.15, 0.2) is 5.75 Å². The lowest BCUT2D eigenvalue weighted by atomic mass is 9.98. The molecule has 0 atom stereocenters. The van der Waals surface area contributed by atoms with Gasteiger partial charge in [0.05, 0.1) is 7.11 Å². The first-order valence-corrected chi connectivity index (χ1v) is 6.87. The molecule has 0 heterocycles. The number of carbonyl (C=O) groups excluding carboxylic acids is 3. The molecule has 0 N–H and O–H groups in total. The van der Waals surface area contributed by atoms with Gasteiger partial charge in [0.2, 0.25) is 0 Å². The molecule has 0 unspecified atom stereocenters. The molecular weight excluding hydrogens is 300 g/mol. The van der Waals surface area contributed by atoms with Crippen LogP contribution >= 0.6 is 0 Å².